The SMILES string of the molecule is C=NNC(CC1CC1(F)F)N1C=CC(c2ccc(C(=O)OC)cc2)=CC1. The minimum Gasteiger partial charge on any atom is -0.465 e. The second kappa shape index (κ2) is 7.27. The Morgan fingerprint density at radius 3 is 2.65 bits per heavy atom. The van der Waals surface area contributed by atoms with Crippen molar-refractivity contribution in [2.75, 3.05) is 13.7 Å². The number of halogens is 2. The van der Waals surface area contributed by atoms with Crippen LogP contribution >= 0.6 is 0 Å². The van der Waals surface area contributed by atoms with Crippen molar-refractivity contribution >= 4 is 18.3 Å². The van der Waals surface area contributed by atoms with Gasteiger partial charge in [0.2, 0.25) is 0 Å². The smallest absolute Gasteiger partial charge is 0.337 e. The Hall–Kier alpha value is -2.70. The largest absolute Gasteiger partial charge is 0.465 e. The van der Waals surface area contributed by atoms with E-state index < -0.39 is 11.8 Å². The lowest BCUT2D eigenvalue weighted by Gasteiger charge is -2.31. The molecule has 1 saturated carbocycles. The Labute approximate surface area is 151 Å². The molecule has 1 aliphatic carbocycles. The van der Waals surface area contributed by atoms with Crippen LogP contribution in [0.2, 0.25) is 0 Å². The first-order chi connectivity index (χ1) is 12.4. The van der Waals surface area contributed by atoms with Gasteiger partial charge in [0.05, 0.1) is 12.7 Å². The van der Waals surface area contributed by atoms with Crippen LogP contribution in [0.4, 0.5) is 8.78 Å². The number of carbonyl (C=O) groups is 1. The number of alkyl halides is 2. The quantitative estimate of drug-likeness (QED) is 0.460. The summed E-state index contributed by atoms with van der Waals surface area (Å²) >= 11 is 0. The summed E-state index contributed by atoms with van der Waals surface area (Å²) in [6, 6.07) is 7.13. The number of esters is 1. The number of hydrogen-bond acceptors (Lipinski definition) is 5. The Balaban J connectivity index is 1.64. The number of benzene rings is 1. The average Bonchev–Trinajstić information content (AvgIpc) is 3.27. The van der Waals surface area contributed by atoms with Crippen molar-refractivity contribution in [1.29, 1.82) is 0 Å². The number of allylic oxidation sites excluding steroid dienone is 2. The van der Waals surface area contributed by atoms with E-state index in [0.717, 1.165) is 11.1 Å². The van der Waals surface area contributed by atoms with Gasteiger partial charge < -0.3 is 9.64 Å². The van der Waals surface area contributed by atoms with E-state index in [2.05, 4.69) is 22.0 Å². The number of rotatable bonds is 7. The van der Waals surface area contributed by atoms with Crippen LogP contribution < -0.4 is 5.43 Å². The molecule has 0 aromatic heterocycles. The molecular weight excluding hydrogens is 340 g/mol. The number of hydrazone groups is 1. The number of nitrogens with zero attached hydrogens (tertiary/aromatic N) is 2. The van der Waals surface area contributed by atoms with Gasteiger partial charge in [0.25, 0.3) is 5.92 Å². The number of carbonyl (C=O) groups excluding carboxylic acids is 1. The highest BCUT2D eigenvalue weighted by Gasteiger charge is 2.57. The van der Waals surface area contributed by atoms with E-state index in [1.165, 1.54) is 7.11 Å². The third kappa shape index (κ3) is 3.92. The lowest BCUT2D eigenvalue weighted by molar-refractivity contribution is 0.0600. The van der Waals surface area contributed by atoms with Crippen LogP contribution in [0.1, 0.15) is 28.8 Å². The van der Waals surface area contributed by atoms with E-state index in [1.54, 1.807) is 12.1 Å². The monoisotopic (exact) mass is 361 g/mol. The average molecular weight is 361 g/mol. The molecule has 2 atom stereocenters. The first-order valence-corrected chi connectivity index (χ1v) is 8.36. The predicted octanol–water partition coefficient (Wildman–Crippen LogP) is 3.26. The molecule has 7 heteroatoms. The lowest BCUT2D eigenvalue weighted by atomic mass is 10.0. The third-order valence-corrected chi connectivity index (χ3v) is 4.71. The molecule has 0 saturated heterocycles. The maximum Gasteiger partial charge on any atom is 0.337 e. The Morgan fingerprint density at radius 2 is 2.15 bits per heavy atom. The van der Waals surface area contributed by atoms with Gasteiger partial charge >= 0.3 is 5.97 Å². The molecule has 26 heavy (non-hydrogen) atoms. The molecule has 1 aromatic carbocycles. The topological polar surface area (TPSA) is 53.9 Å². The fraction of sp³-hybridized carbons (Fsp3) is 0.368. The van der Waals surface area contributed by atoms with E-state index in [9.17, 15) is 13.6 Å². The standard InChI is InChI=1S/C19H21F2N3O2/c1-22-23-17(11-16-12-19(16,20)21)24-9-7-14(8-10-24)13-3-5-15(6-4-13)18(25)26-2/h3-9,16-17,23H,1,10-12H2,2H3. The lowest BCUT2D eigenvalue weighted by Crippen LogP contribution is -2.42. The van der Waals surface area contributed by atoms with E-state index in [1.807, 2.05) is 35.4 Å². The molecule has 2 aliphatic rings. The van der Waals surface area contributed by atoms with E-state index in [0.29, 0.717) is 18.5 Å². The molecule has 0 radical (unpaired) electrons. The summed E-state index contributed by atoms with van der Waals surface area (Å²) in [5, 5.41) is 3.67. The van der Waals surface area contributed by atoms with E-state index >= 15 is 0 Å². The van der Waals surface area contributed by atoms with Crippen LogP contribution in [0.3, 0.4) is 0 Å². The summed E-state index contributed by atoms with van der Waals surface area (Å²) in [6.45, 7) is 3.96. The van der Waals surface area contributed by atoms with Crippen molar-refractivity contribution < 1.29 is 18.3 Å². The van der Waals surface area contributed by atoms with Crippen LogP contribution in [0.5, 0.6) is 0 Å². The number of nitrogens with one attached hydrogen (secondary N) is 1. The first-order valence-electron chi connectivity index (χ1n) is 8.36. The highest BCUT2D eigenvalue weighted by molar-refractivity contribution is 5.90. The fourth-order valence-electron chi connectivity index (χ4n) is 3.03. The summed E-state index contributed by atoms with van der Waals surface area (Å²) in [5.41, 5.74) is 5.27. The minimum atomic E-state index is -2.55. The third-order valence-electron chi connectivity index (χ3n) is 4.71. The van der Waals surface area contributed by atoms with Crippen molar-refractivity contribution in [3.05, 3.63) is 53.7 Å². The second-order valence-electron chi connectivity index (χ2n) is 6.44. The van der Waals surface area contributed by atoms with Crippen LogP contribution in [0, 0.1) is 5.92 Å². The van der Waals surface area contributed by atoms with Gasteiger partial charge in [0, 0.05) is 31.8 Å². The van der Waals surface area contributed by atoms with Crippen molar-refractivity contribution in [3.63, 3.8) is 0 Å². The fourth-order valence-corrected chi connectivity index (χ4v) is 3.03. The highest BCUT2D eigenvalue weighted by atomic mass is 19.3. The van der Waals surface area contributed by atoms with Crippen molar-refractivity contribution in [2.24, 2.45) is 11.0 Å². The van der Waals surface area contributed by atoms with E-state index in [4.69, 9.17) is 0 Å². The molecule has 138 valence electrons. The summed E-state index contributed by atoms with van der Waals surface area (Å²) in [6.07, 6.45) is 5.73. The molecule has 1 aromatic rings. The number of ether oxygens (including phenoxy) is 1. The first kappa shape index (κ1) is 18.1. The second-order valence-corrected chi connectivity index (χ2v) is 6.44. The zero-order valence-electron chi connectivity index (χ0n) is 14.5. The molecule has 1 N–H and O–H groups in total. The van der Waals surface area contributed by atoms with E-state index in [-0.39, 0.29) is 18.6 Å². The number of methoxy groups -OCH3 is 1. The van der Waals surface area contributed by atoms with Gasteiger partial charge in [0.15, 0.2) is 0 Å². The molecule has 1 heterocycles. The molecular formula is C19H21F2N3O2. The zero-order chi connectivity index (χ0) is 18.7. The predicted molar refractivity (Wildman–Crippen MR) is 95.7 cm³/mol. The highest BCUT2D eigenvalue weighted by Crippen LogP contribution is 2.51. The van der Waals surface area contributed by atoms with Crippen LogP contribution in [-0.4, -0.2) is 43.3 Å². The molecule has 5 nitrogen and oxygen atoms in total. The summed E-state index contributed by atoms with van der Waals surface area (Å²) < 4.78 is 31.1. The Kier molecular flexibility index (Phi) is 5.06. The van der Waals surface area contributed by atoms with Gasteiger partial charge in [-0.1, -0.05) is 18.2 Å². The molecule has 3 rings (SSSR count). The van der Waals surface area contributed by atoms with Gasteiger partial charge in [-0.25, -0.2) is 13.6 Å². The summed E-state index contributed by atoms with van der Waals surface area (Å²) in [7, 11) is 1.34. The van der Waals surface area contributed by atoms with Crippen LogP contribution in [0.25, 0.3) is 5.57 Å². The van der Waals surface area contributed by atoms with Gasteiger partial charge in [-0.3, -0.25) is 5.43 Å². The maximum atomic E-state index is 13.2. The number of hydrogen-bond donors (Lipinski definition) is 1. The Morgan fingerprint density at radius 1 is 1.46 bits per heavy atom. The molecule has 1 aliphatic heterocycles. The van der Waals surface area contributed by atoms with Crippen LogP contribution in [0.15, 0.2) is 47.7 Å². The molecule has 1 fully saturated rings. The van der Waals surface area contributed by atoms with Crippen LogP contribution in [-0.2, 0) is 4.74 Å². The molecule has 0 spiro atoms. The van der Waals surface area contributed by atoms with Gasteiger partial charge in [-0.15, -0.1) is 0 Å². The summed E-state index contributed by atoms with van der Waals surface area (Å²) in [4.78, 5) is 13.4. The van der Waals surface area contributed by atoms with Gasteiger partial charge in [-0.05, 0) is 35.8 Å². The van der Waals surface area contributed by atoms with Crippen molar-refractivity contribution in [2.45, 2.75) is 24.9 Å². The van der Waals surface area contributed by atoms with Crippen molar-refractivity contribution in [3.8, 4) is 0 Å². The Bertz CT molecular complexity index is 744. The summed E-state index contributed by atoms with van der Waals surface area (Å²) in [5.74, 6) is -3.53. The molecule has 0 bridgehead atoms. The minimum absolute atomic E-state index is 0.0620. The van der Waals surface area contributed by atoms with Gasteiger partial charge in [0.1, 0.15) is 6.17 Å². The van der Waals surface area contributed by atoms with Crippen molar-refractivity contribution in [1.82, 2.24) is 10.3 Å². The normalized spacial score (nSPS) is 21.6. The zero-order valence-corrected chi connectivity index (χ0v) is 14.5. The molecule has 2 unspecified atom stereocenters. The maximum absolute atomic E-state index is 13.2. The molecule has 0 amide bonds. The van der Waals surface area contributed by atoms with Gasteiger partial charge in [-0.2, -0.15) is 5.10 Å².